The minimum absolute atomic E-state index is 0.0112. The van der Waals surface area contributed by atoms with Crippen LogP contribution in [0.5, 0.6) is 0 Å². The third-order valence-electron chi connectivity index (χ3n) is 18.8. The molecule has 105 heavy (non-hydrogen) atoms. The van der Waals surface area contributed by atoms with Crippen molar-refractivity contribution in [1.82, 2.24) is 73.1 Å². The van der Waals surface area contributed by atoms with Crippen molar-refractivity contribution >= 4 is 109 Å². The van der Waals surface area contributed by atoms with E-state index in [1.54, 1.807) is 38.6 Å². The van der Waals surface area contributed by atoms with Gasteiger partial charge >= 0.3 is 5.97 Å². The molecule has 10 atom stereocenters. The lowest BCUT2D eigenvalue weighted by Gasteiger charge is -2.30. The van der Waals surface area contributed by atoms with E-state index in [-0.39, 0.29) is 95.8 Å². The number of rotatable bonds is 43. The van der Waals surface area contributed by atoms with Crippen LogP contribution in [-0.2, 0) is 68.8 Å². The number of hydrogen-bond donors (Lipinski definition) is 22. The molecule has 4 aromatic carbocycles. The largest absolute Gasteiger partial charge is 0.480 e. The molecule has 31 nitrogen and oxygen atoms in total. The molecule has 8 aromatic rings. The summed E-state index contributed by atoms with van der Waals surface area (Å²) in [4.78, 5) is 145. The first kappa shape index (κ1) is 79.4. The molecule has 0 aliphatic carbocycles. The number of aromatic amines is 4. The molecule has 0 saturated carbocycles. The predicted molar refractivity (Wildman–Crippen MR) is 403 cm³/mol. The number of carbonyl (C=O) groups is 9. The van der Waals surface area contributed by atoms with Crippen LogP contribution in [0.2, 0.25) is 0 Å². The maximum atomic E-state index is 15.5. The molecule has 562 valence electrons. The molecular formula is C74H101N21O10. The Balaban J connectivity index is 1.09. The van der Waals surface area contributed by atoms with Gasteiger partial charge in [-0.15, -0.1) is 0 Å². The van der Waals surface area contributed by atoms with Gasteiger partial charge in [-0.1, -0.05) is 99.5 Å². The third-order valence-corrected chi connectivity index (χ3v) is 18.8. The van der Waals surface area contributed by atoms with Gasteiger partial charge in [-0.05, 0) is 123 Å². The summed E-state index contributed by atoms with van der Waals surface area (Å²) in [5.41, 5.74) is 34.6. The van der Waals surface area contributed by atoms with Crippen molar-refractivity contribution in [3.63, 3.8) is 0 Å². The highest BCUT2D eigenvalue weighted by atomic mass is 16.4. The fraction of sp³-hybridized carbons (Fsp3) is 0.419. The Morgan fingerprint density at radius 2 is 0.695 bits per heavy atom. The molecule has 27 N–H and O–H groups in total. The van der Waals surface area contributed by atoms with Gasteiger partial charge in [0.15, 0.2) is 11.9 Å². The predicted octanol–water partition coefficient (Wildman–Crippen LogP) is 2.00. The average molecular weight is 1440 g/mol. The van der Waals surface area contributed by atoms with Crippen LogP contribution in [-0.4, -0.2) is 171 Å². The molecule has 4 heterocycles. The van der Waals surface area contributed by atoms with Gasteiger partial charge in [0.05, 0.1) is 6.04 Å². The molecule has 0 radical (unpaired) electrons. The van der Waals surface area contributed by atoms with Gasteiger partial charge in [0, 0.05) is 107 Å². The maximum absolute atomic E-state index is 15.5. The van der Waals surface area contributed by atoms with E-state index in [1.807, 2.05) is 97.1 Å². The minimum Gasteiger partial charge on any atom is -0.480 e. The number of carbonyl (C=O) groups excluding carboxylic acids is 8. The standard InChI is InChI=1S/C74H101N21O10/c1-3-42(2)63(71(103)90-58(29-17-33-83-74(80)81)67(99)94-62(72(104)105)37-46-41-87-55-26-11-7-21-50(46)55)95-70(102)61(36-45-40-86-54-25-10-6-20-49(45)54)92-65(97)56(27-13-15-31-76)89-68(100)59(34-43-38-84-52-23-8-4-18-47(43)52)93-69(101)60(35-44-39-85-53-24-9-5-19-48(44)53)91-66(98)57(28-16-32-82-73(78)79)88-64(96)51(77)22-12-14-30-75/h4-11,18-21,23-26,38-42,51,56-63,84-87H,3,12-17,22,27-37,75-77H2,1-2H3,(H,88,96)(H,89,100)(H,90,103)(H,91,98)(H,92,97)(H,93,101)(H,94,99)(H,95,102)(H,104,105)(H4,78,79,82)(H4,80,81,83)/t42-,51-,56-,57-,58-,59-,60-,61-,62-,63-/m0/s1. The fourth-order valence-corrected chi connectivity index (χ4v) is 12.8. The van der Waals surface area contributed by atoms with Crippen molar-refractivity contribution in [2.45, 2.75) is 165 Å². The van der Waals surface area contributed by atoms with Crippen LogP contribution in [0.3, 0.4) is 0 Å². The van der Waals surface area contributed by atoms with E-state index in [0.29, 0.717) is 60.9 Å². The number of amides is 8. The Morgan fingerprint density at radius 1 is 0.400 bits per heavy atom. The first-order valence-corrected chi connectivity index (χ1v) is 35.7. The lowest BCUT2D eigenvalue weighted by Crippen LogP contribution is -2.61. The van der Waals surface area contributed by atoms with E-state index in [9.17, 15) is 29.1 Å². The van der Waals surface area contributed by atoms with Crippen LogP contribution >= 0.6 is 0 Å². The summed E-state index contributed by atoms with van der Waals surface area (Å²) >= 11 is 0. The van der Waals surface area contributed by atoms with Gasteiger partial charge in [0.1, 0.15) is 48.3 Å². The number of carboxylic acids is 1. The first-order chi connectivity index (χ1) is 50.5. The van der Waals surface area contributed by atoms with Gasteiger partial charge in [-0.25, -0.2) is 4.79 Å². The highest BCUT2D eigenvalue weighted by Crippen LogP contribution is 2.25. The molecule has 0 aliphatic rings. The highest BCUT2D eigenvalue weighted by molar-refractivity contribution is 6.00. The van der Waals surface area contributed by atoms with Crippen LogP contribution in [0, 0.1) is 16.7 Å². The summed E-state index contributed by atoms with van der Waals surface area (Å²) in [7, 11) is 0. The number of H-pyrrole nitrogens is 4. The molecular weight excluding hydrogens is 1340 g/mol. The van der Waals surface area contributed by atoms with Crippen LogP contribution < -0.4 is 81.8 Å². The summed E-state index contributed by atoms with van der Waals surface area (Å²) in [6, 6.07) is 17.2. The van der Waals surface area contributed by atoms with Crippen molar-refractivity contribution < 1.29 is 48.3 Å². The number of hydrogen-bond acceptors (Lipinski definition) is 14. The number of guanidine groups is 2. The number of carboxylic acid groups (broad SMARTS) is 1. The van der Waals surface area contributed by atoms with Crippen LogP contribution in [0.15, 0.2) is 122 Å². The molecule has 0 unspecified atom stereocenters. The number of nitrogens with one attached hydrogen (secondary N) is 16. The second kappa shape index (κ2) is 39.4. The van der Waals surface area contributed by atoms with E-state index < -0.39 is 114 Å². The summed E-state index contributed by atoms with van der Waals surface area (Å²) in [5, 5.41) is 56.8. The number of aliphatic carboxylic acids is 1. The van der Waals surface area contributed by atoms with Crippen LogP contribution in [0.1, 0.15) is 107 Å². The molecule has 0 aliphatic heterocycles. The molecule has 8 amide bonds. The lowest BCUT2D eigenvalue weighted by atomic mass is 9.96. The fourth-order valence-electron chi connectivity index (χ4n) is 12.8. The van der Waals surface area contributed by atoms with E-state index in [1.165, 1.54) is 0 Å². The zero-order chi connectivity index (χ0) is 75.5. The normalized spacial score (nSPS) is 14.3. The number of nitrogens with two attached hydrogens (primary N) is 5. The topological polar surface area (TPSA) is 535 Å². The van der Waals surface area contributed by atoms with Gasteiger partial charge in [-0.2, -0.15) is 0 Å². The van der Waals surface area contributed by atoms with Crippen molar-refractivity contribution in [3.05, 3.63) is 144 Å². The number of benzene rings is 4. The zero-order valence-corrected chi connectivity index (χ0v) is 59.3. The van der Waals surface area contributed by atoms with E-state index in [4.69, 9.17) is 39.5 Å². The lowest BCUT2D eigenvalue weighted by molar-refractivity contribution is -0.142. The van der Waals surface area contributed by atoms with Crippen LogP contribution in [0.25, 0.3) is 43.6 Å². The molecule has 0 fully saturated rings. The van der Waals surface area contributed by atoms with Crippen LogP contribution in [0.4, 0.5) is 0 Å². The SMILES string of the molecule is CC[C@H](C)[C@H](NC(=O)[C@H](Cc1c[nH]c2ccccc12)NC(=O)[C@H](CCCCN)NC(=O)[C@H](Cc1c[nH]c2ccccc12)NC(=O)[C@H](Cc1c[nH]c2ccccc12)NC(=O)[C@H](CCCNC(=N)N)NC(=O)[C@@H](N)CCCCN)C(=O)N[C@@H](CCCNC(=N)N)C(=O)N[C@@H](Cc1c[nH]c2ccccc12)C(=O)O. The Bertz CT molecular complexity index is 4300. The van der Waals surface area contributed by atoms with Crippen molar-refractivity contribution in [2.24, 2.45) is 34.6 Å². The van der Waals surface area contributed by atoms with Crippen molar-refractivity contribution in [3.8, 4) is 0 Å². The Hall–Kier alpha value is -11.3. The summed E-state index contributed by atoms with van der Waals surface area (Å²) < 4.78 is 0. The second-order valence-corrected chi connectivity index (χ2v) is 26.5. The number of fused-ring (bicyclic) bond motifs is 4. The smallest absolute Gasteiger partial charge is 0.326 e. The minimum atomic E-state index is -1.46. The van der Waals surface area contributed by atoms with Gasteiger partial charge in [0.2, 0.25) is 47.3 Å². The monoisotopic (exact) mass is 1440 g/mol. The Kier molecular flexibility index (Phi) is 29.8. The third kappa shape index (κ3) is 22.8. The number of unbranched alkanes of at least 4 members (excludes halogenated alkanes) is 2. The molecule has 4 aromatic heterocycles. The molecule has 0 bridgehead atoms. The average Bonchev–Trinajstić information content (AvgIpc) is 1.81. The molecule has 0 spiro atoms. The summed E-state index contributed by atoms with van der Waals surface area (Å²) in [5.74, 6) is -8.79. The molecule has 8 rings (SSSR count). The number of aromatic nitrogens is 4. The van der Waals surface area contributed by atoms with Crippen molar-refractivity contribution in [1.29, 1.82) is 10.8 Å². The van der Waals surface area contributed by atoms with Crippen molar-refractivity contribution in [2.75, 3.05) is 26.2 Å². The summed E-state index contributed by atoms with van der Waals surface area (Å²) in [6.07, 6.45) is 9.16. The molecule has 0 saturated heterocycles. The van der Waals surface area contributed by atoms with Gasteiger partial charge < -0.3 is 107 Å². The highest BCUT2D eigenvalue weighted by Gasteiger charge is 2.38. The summed E-state index contributed by atoms with van der Waals surface area (Å²) in [6.45, 7) is 4.43. The second-order valence-electron chi connectivity index (χ2n) is 26.5. The Morgan fingerprint density at radius 3 is 1.05 bits per heavy atom. The van der Waals surface area contributed by atoms with Gasteiger partial charge in [-0.3, -0.25) is 49.2 Å². The zero-order valence-electron chi connectivity index (χ0n) is 59.3. The Labute approximate surface area is 607 Å². The number of para-hydroxylation sites is 4. The van der Waals surface area contributed by atoms with E-state index in [2.05, 4.69) is 73.1 Å². The van der Waals surface area contributed by atoms with E-state index >= 15 is 19.2 Å². The quantitative estimate of drug-likeness (QED) is 0.0148. The maximum Gasteiger partial charge on any atom is 0.326 e. The van der Waals surface area contributed by atoms with E-state index in [0.717, 1.165) is 43.6 Å². The first-order valence-electron chi connectivity index (χ1n) is 35.7. The molecule has 31 heteroatoms. The van der Waals surface area contributed by atoms with Gasteiger partial charge in [0.25, 0.3) is 0 Å².